The van der Waals surface area contributed by atoms with Crippen LogP contribution >= 0.6 is 11.3 Å². The first kappa shape index (κ1) is 32.3. The fourth-order valence-corrected chi connectivity index (χ4v) is 5.82. The number of hydrogen-bond donors (Lipinski definition) is 2. The van der Waals surface area contributed by atoms with Crippen molar-refractivity contribution in [2.24, 2.45) is 10.7 Å². The number of aromatic nitrogens is 3. The van der Waals surface area contributed by atoms with Gasteiger partial charge in [-0.3, -0.25) is 14.6 Å². The van der Waals surface area contributed by atoms with E-state index in [1.54, 1.807) is 48.9 Å². The molecule has 1 aromatic carbocycles. The molecule has 1 fully saturated rings. The Bertz CT molecular complexity index is 1850. The molecular weight excluding hydrogens is 622 g/mol. The monoisotopic (exact) mass is 654 g/mol. The minimum Gasteiger partial charge on any atom is -0.444 e. The lowest BCUT2D eigenvalue weighted by Crippen LogP contribution is -2.51. The van der Waals surface area contributed by atoms with Crippen molar-refractivity contribution in [3.05, 3.63) is 64.6 Å². The van der Waals surface area contributed by atoms with Crippen molar-refractivity contribution in [1.82, 2.24) is 29.7 Å². The van der Waals surface area contributed by atoms with Crippen molar-refractivity contribution in [1.29, 1.82) is 0 Å². The largest absolute Gasteiger partial charge is 0.444 e. The summed E-state index contributed by atoms with van der Waals surface area (Å²) in [5.74, 6) is -1.11. The van der Waals surface area contributed by atoms with E-state index >= 15 is 0 Å². The van der Waals surface area contributed by atoms with Gasteiger partial charge in [-0.1, -0.05) is 0 Å². The molecule has 4 heterocycles. The highest BCUT2D eigenvalue weighted by molar-refractivity contribution is 7.20. The molecule has 46 heavy (non-hydrogen) atoms. The predicted octanol–water partition coefficient (Wildman–Crippen LogP) is 4.00. The molecule has 0 saturated carbocycles. The molecule has 13 nitrogen and oxygen atoms in total. The zero-order chi connectivity index (χ0) is 33.2. The van der Waals surface area contributed by atoms with Gasteiger partial charge in [-0.25, -0.2) is 14.3 Å². The van der Waals surface area contributed by atoms with E-state index in [1.807, 2.05) is 0 Å². The Hall–Kier alpha value is -5.12. The lowest BCUT2D eigenvalue weighted by atomic mass is 10.1. The number of halogens is 2. The quantitative estimate of drug-likeness (QED) is 0.283. The number of hydrogen-bond acceptors (Lipinski definition) is 10. The van der Waals surface area contributed by atoms with Crippen LogP contribution in [0.5, 0.6) is 5.75 Å². The van der Waals surface area contributed by atoms with Crippen LogP contribution < -0.4 is 15.8 Å². The van der Waals surface area contributed by atoms with Gasteiger partial charge in [0.15, 0.2) is 5.65 Å². The van der Waals surface area contributed by atoms with Gasteiger partial charge in [0, 0.05) is 62.1 Å². The molecular formula is C30H32F2N8O5S. The fourth-order valence-electron chi connectivity index (χ4n) is 4.77. The SMILES string of the molecule is CN=CC(NC(=O)c1cnn2cccnc12)=C(N)c1cc2sc(C(=O)N3CCN(C(=O)OC(C)(C)C)CC3)cc2cc1OC(F)F. The average Bonchev–Trinajstić information content (AvgIpc) is 3.63. The maximum atomic E-state index is 13.5. The van der Waals surface area contributed by atoms with Crippen molar-refractivity contribution in [3.8, 4) is 5.75 Å². The number of nitrogens with zero attached hydrogens (tertiary/aromatic N) is 6. The van der Waals surface area contributed by atoms with Gasteiger partial charge in [-0.05, 0) is 50.4 Å². The Labute approximate surface area is 266 Å². The van der Waals surface area contributed by atoms with E-state index in [1.165, 1.54) is 42.3 Å². The van der Waals surface area contributed by atoms with Crippen molar-refractivity contribution < 1.29 is 32.6 Å². The van der Waals surface area contributed by atoms with Gasteiger partial charge >= 0.3 is 12.7 Å². The molecule has 3 aromatic heterocycles. The van der Waals surface area contributed by atoms with Gasteiger partial charge in [-0.2, -0.15) is 13.9 Å². The van der Waals surface area contributed by atoms with E-state index in [-0.39, 0.29) is 34.2 Å². The topological polar surface area (TPSA) is 157 Å². The molecule has 0 spiro atoms. The van der Waals surface area contributed by atoms with Gasteiger partial charge < -0.3 is 30.3 Å². The summed E-state index contributed by atoms with van der Waals surface area (Å²) in [4.78, 5) is 50.7. The highest BCUT2D eigenvalue weighted by Crippen LogP contribution is 2.36. The van der Waals surface area contributed by atoms with Gasteiger partial charge in [0.2, 0.25) is 0 Å². The summed E-state index contributed by atoms with van der Waals surface area (Å²) in [6.45, 7) is 3.40. The van der Waals surface area contributed by atoms with Crippen LogP contribution in [0.25, 0.3) is 21.4 Å². The van der Waals surface area contributed by atoms with Crippen LogP contribution in [-0.4, -0.2) is 94.0 Å². The summed E-state index contributed by atoms with van der Waals surface area (Å²) in [5, 5.41) is 7.26. The average molecular weight is 655 g/mol. The first-order chi connectivity index (χ1) is 21.8. The zero-order valence-corrected chi connectivity index (χ0v) is 26.3. The van der Waals surface area contributed by atoms with Crippen molar-refractivity contribution >= 4 is 56.9 Å². The molecule has 0 unspecified atom stereocenters. The van der Waals surface area contributed by atoms with Crippen molar-refractivity contribution in [2.75, 3.05) is 33.2 Å². The number of allylic oxidation sites excluding steroid dienone is 1. The molecule has 1 aliphatic heterocycles. The smallest absolute Gasteiger partial charge is 0.410 e. The lowest BCUT2D eigenvalue weighted by Gasteiger charge is -2.35. The second kappa shape index (κ2) is 13.1. The Morgan fingerprint density at radius 3 is 2.50 bits per heavy atom. The Morgan fingerprint density at radius 1 is 1.11 bits per heavy atom. The van der Waals surface area contributed by atoms with Crippen LogP contribution in [0, 0.1) is 0 Å². The van der Waals surface area contributed by atoms with E-state index in [2.05, 4.69) is 20.4 Å². The third-order valence-corrected chi connectivity index (χ3v) is 7.96. The van der Waals surface area contributed by atoms with Gasteiger partial charge in [0.1, 0.15) is 16.9 Å². The van der Waals surface area contributed by atoms with Crippen molar-refractivity contribution in [2.45, 2.75) is 33.0 Å². The molecule has 3 N–H and O–H groups in total. The number of nitrogens with one attached hydrogen (secondary N) is 1. The van der Waals surface area contributed by atoms with E-state index in [9.17, 15) is 23.2 Å². The molecule has 242 valence electrons. The molecule has 5 rings (SSSR count). The first-order valence-electron chi connectivity index (χ1n) is 14.2. The van der Waals surface area contributed by atoms with Crippen LogP contribution in [0.15, 0.2) is 53.5 Å². The van der Waals surface area contributed by atoms with Crippen molar-refractivity contribution in [3.63, 3.8) is 0 Å². The van der Waals surface area contributed by atoms with Gasteiger partial charge in [0.05, 0.1) is 22.5 Å². The second-order valence-electron chi connectivity index (χ2n) is 11.2. The second-order valence-corrected chi connectivity index (χ2v) is 12.3. The van der Waals surface area contributed by atoms with Crippen LogP contribution in [0.3, 0.4) is 0 Å². The number of nitrogens with two attached hydrogens (primary N) is 1. The molecule has 16 heteroatoms. The van der Waals surface area contributed by atoms with E-state index < -0.39 is 24.2 Å². The summed E-state index contributed by atoms with van der Waals surface area (Å²) in [6.07, 6.45) is 5.33. The minimum absolute atomic E-state index is 0.0250. The summed E-state index contributed by atoms with van der Waals surface area (Å²) in [7, 11) is 1.46. The molecule has 0 radical (unpaired) electrons. The number of alkyl halides is 2. The lowest BCUT2D eigenvalue weighted by molar-refractivity contribution is -0.0499. The number of ether oxygens (including phenoxy) is 2. The Balaban J connectivity index is 1.42. The molecule has 1 aliphatic rings. The number of benzene rings is 1. The number of aliphatic imine (C=N–C) groups is 1. The number of fused-ring (bicyclic) bond motifs is 2. The number of rotatable bonds is 7. The summed E-state index contributed by atoms with van der Waals surface area (Å²) in [6, 6.07) is 6.15. The maximum Gasteiger partial charge on any atom is 0.410 e. The Morgan fingerprint density at radius 2 is 1.83 bits per heavy atom. The molecule has 0 bridgehead atoms. The highest BCUT2D eigenvalue weighted by Gasteiger charge is 2.29. The molecule has 4 aromatic rings. The fraction of sp³-hybridized carbons (Fsp3) is 0.333. The summed E-state index contributed by atoms with van der Waals surface area (Å²) < 4.78 is 39.3. The highest BCUT2D eigenvalue weighted by atomic mass is 32.1. The van der Waals surface area contributed by atoms with Gasteiger partial charge in [0.25, 0.3) is 11.8 Å². The predicted molar refractivity (Wildman–Crippen MR) is 168 cm³/mol. The number of carbonyl (C=O) groups is 3. The first-order valence-corrected chi connectivity index (χ1v) is 15.0. The standard InChI is InChI=1S/C30H32F2N8O5S/c1-30(2,3)45-29(43)39-10-8-38(9-11-39)27(42)23-13-17-12-21(44-28(31)32)18(14-22(17)46-23)24(33)20(16-34-4)37-26(41)19-15-36-40-7-5-6-35-25(19)40/h5-7,12-16,28H,8-11,33H2,1-4H3,(H,37,41). The van der Waals surface area contributed by atoms with Crippen LogP contribution in [0.1, 0.15) is 46.4 Å². The summed E-state index contributed by atoms with van der Waals surface area (Å²) >= 11 is 1.15. The third-order valence-electron chi connectivity index (χ3n) is 6.87. The number of carbonyl (C=O) groups excluding carboxylic acids is 3. The Kier molecular flexibility index (Phi) is 9.18. The molecule has 3 amide bonds. The number of thiophene rings is 1. The molecule has 0 atom stereocenters. The van der Waals surface area contributed by atoms with E-state index in [4.69, 9.17) is 15.2 Å². The molecule has 0 aliphatic carbocycles. The summed E-state index contributed by atoms with van der Waals surface area (Å²) in [5.41, 5.74) is 6.28. The van der Waals surface area contributed by atoms with Crippen LogP contribution in [-0.2, 0) is 4.74 Å². The van der Waals surface area contributed by atoms with Crippen LogP contribution in [0.2, 0.25) is 0 Å². The third kappa shape index (κ3) is 7.06. The van der Waals surface area contributed by atoms with E-state index in [0.29, 0.717) is 46.8 Å². The minimum atomic E-state index is -3.17. The number of piperazine rings is 1. The van der Waals surface area contributed by atoms with Gasteiger partial charge in [-0.15, -0.1) is 11.3 Å². The number of amides is 3. The maximum absolute atomic E-state index is 13.5. The van der Waals surface area contributed by atoms with E-state index in [0.717, 1.165) is 11.3 Å². The normalized spacial score (nSPS) is 14.7. The van der Waals surface area contributed by atoms with Crippen LogP contribution in [0.4, 0.5) is 13.6 Å². The zero-order valence-electron chi connectivity index (χ0n) is 25.5. The molecule has 1 saturated heterocycles.